The Balaban J connectivity index is 1.36. The predicted molar refractivity (Wildman–Crippen MR) is 142 cm³/mol. The molecule has 0 atom stereocenters. The van der Waals surface area contributed by atoms with Crippen LogP contribution in [0.3, 0.4) is 0 Å². The zero-order valence-corrected chi connectivity index (χ0v) is 20.1. The van der Waals surface area contributed by atoms with E-state index in [-0.39, 0.29) is 11.3 Å². The highest BCUT2D eigenvalue weighted by atomic mass is 16.5. The van der Waals surface area contributed by atoms with Crippen molar-refractivity contribution in [1.29, 1.82) is 0 Å². The van der Waals surface area contributed by atoms with Crippen LogP contribution < -0.4 is 15.8 Å². The molecule has 184 valence electrons. The molecular weight excluding hydrogens is 470 g/mol. The monoisotopic (exact) mass is 493 g/mol. The molecule has 1 saturated heterocycles. The van der Waals surface area contributed by atoms with Gasteiger partial charge in [0.15, 0.2) is 5.78 Å². The van der Waals surface area contributed by atoms with E-state index in [1.165, 1.54) is 6.92 Å². The molecule has 0 spiro atoms. The molecule has 0 amide bonds. The van der Waals surface area contributed by atoms with Crippen molar-refractivity contribution in [3.8, 4) is 11.3 Å². The van der Waals surface area contributed by atoms with Crippen LogP contribution in [0.2, 0.25) is 0 Å². The molecule has 37 heavy (non-hydrogen) atoms. The van der Waals surface area contributed by atoms with Gasteiger partial charge in [0.2, 0.25) is 5.95 Å². The average Bonchev–Trinajstić information content (AvgIpc) is 2.92. The van der Waals surface area contributed by atoms with Crippen LogP contribution in [0.15, 0.2) is 76.2 Å². The number of fused-ring (bicyclic) bond motifs is 2. The fraction of sp³-hybridized carbons (Fsp3) is 0.179. The van der Waals surface area contributed by atoms with E-state index >= 15 is 0 Å². The normalized spacial score (nSPS) is 13.7. The lowest BCUT2D eigenvalue weighted by atomic mass is 10.1. The van der Waals surface area contributed by atoms with E-state index in [0.717, 1.165) is 22.2 Å². The molecule has 5 aromatic rings. The Morgan fingerprint density at radius 2 is 1.86 bits per heavy atom. The molecular formula is C28H23N5O4. The number of benzene rings is 2. The number of carbonyl (C=O) groups excluding carboxylic acids is 1. The molecule has 0 aliphatic carbocycles. The molecule has 1 N–H and O–H groups in total. The summed E-state index contributed by atoms with van der Waals surface area (Å²) in [7, 11) is 0. The van der Waals surface area contributed by atoms with Crippen molar-refractivity contribution in [2.45, 2.75) is 6.92 Å². The molecule has 2 aromatic carbocycles. The maximum absolute atomic E-state index is 12.8. The van der Waals surface area contributed by atoms with E-state index in [1.807, 2.05) is 53.4 Å². The molecule has 3 aromatic heterocycles. The van der Waals surface area contributed by atoms with Crippen molar-refractivity contribution in [2.75, 3.05) is 36.5 Å². The van der Waals surface area contributed by atoms with Gasteiger partial charge in [-0.3, -0.25) is 9.78 Å². The van der Waals surface area contributed by atoms with Crippen LogP contribution in [0.1, 0.15) is 17.3 Å². The number of aromatic nitrogens is 3. The highest BCUT2D eigenvalue weighted by Crippen LogP contribution is 2.32. The number of ketones is 1. The summed E-state index contributed by atoms with van der Waals surface area (Å²) in [4.78, 5) is 40.6. The highest BCUT2D eigenvalue weighted by molar-refractivity contribution is 6.07. The lowest BCUT2D eigenvalue weighted by Crippen LogP contribution is -2.38. The molecule has 0 unspecified atom stereocenters. The summed E-state index contributed by atoms with van der Waals surface area (Å²) >= 11 is 0. The Hall–Kier alpha value is -4.63. The number of Topliss-reactive ketones (excluding diaryl/α,β-unsaturated/α-hetero) is 1. The fourth-order valence-electron chi connectivity index (χ4n) is 4.62. The predicted octanol–water partition coefficient (Wildman–Crippen LogP) is 4.58. The zero-order valence-electron chi connectivity index (χ0n) is 20.1. The maximum atomic E-state index is 12.8. The van der Waals surface area contributed by atoms with Gasteiger partial charge in [-0.1, -0.05) is 18.2 Å². The van der Waals surface area contributed by atoms with E-state index in [9.17, 15) is 9.59 Å². The first-order chi connectivity index (χ1) is 18.1. The minimum atomic E-state index is -0.651. The van der Waals surface area contributed by atoms with E-state index in [4.69, 9.17) is 9.15 Å². The van der Waals surface area contributed by atoms with Crippen molar-refractivity contribution >= 4 is 45.0 Å². The largest absolute Gasteiger partial charge is 0.422 e. The second kappa shape index (κ2) is 9.44. The molecule has 4 heterocycles. The average molecular weight is 494 g/mol. The number of hydrogen-bond donors (Lipinski definition) is 1. The van der Waals surface area contributed by atoms with Gasteiger partial charge in [0.1, 0.15) is 11.1 Å². The number of pyridine rings is 1. The summed E-state index contributed by atoms with van der Waals surface area (Å²) < 4.78 is 11.0. The van der Waals surface area contributed by atoms with Gasteiger partial charge < -0.3 is 19.4 Å². The van der Waals surface area contributed by atoms with E-state index in [0.29, 0.717) is 54.6 Å². The van der Waals surface area contributed by atoms with Crippen molar-refractivity contribution in [2.24, 2.45) is 0 Å². The van der Waals surface area contributed by atoms with Crippen LogP contribution in [0.5, 0.6) is 0 Å². The number of ether oxygens (including phenoxy) is 1. The maximum Gasteiger partial charge on any atom is 0.349 e. The molecule has 0 bridgehead atoms. The molecule has 9 heteroatoms. The van der Waals surface area contributed by atoms with Gasteiger partial charge in [-0.15, -0.1) is 0 Å². The van der Waals surface area contributed by atoms with Crippen molar-refractivity contribution in [3.05, 3.63) is 83.0 Å². The number of morpholine rings is 1. The number of carbonyl (C=O) groups is 1. The molecule has 0 saturated carbocycles. The first kappa shape index (κ1) is 22.8. The number of nitrogens with zero attached hydrogens (tertiary/aromatic N) is 4. The smallest absolute Gasteiger partial charge is 0.349 e. The van der Waals surface area contributed by atoms with Gasteiger partial charge in [-0.25, -0.2) is 14.8 Å². The quantitative estimate of drug-likeness (QED) is 0.278. The highest BCUT2D eigenvalue weighted by Gasteiger charge is 2.24. The van der Waals surface area contributed by atoms with Crippen LogP contribution >= 0.6 is 0 Å². The van der Waals surface area contributed by atoms with Crippen LogP contribution in [0.25, 0.3) is 33.1 Å². The Morgan fingerprint density at radius 1 is 1.00 bits per heavy atom. The van der Waals surface area contributed by atoms with Crippen LogP contribution in [0, 0.1) is 0 Å². The Kier molecular flexibility index (Phi) is 5.82. The Morgan fingerprint density at radius 3 is 2.70 bits per heavy atom. The molecule has 0 radical (unpaired) electrons. The van der Waals surface area contributed by atoms with Crippen molar-refractivity contribution in [1.82, 2.24) is 15.0 Å². The molecule has 9 nitrogen and oxygen atoms in total. The van der Waals surface area contributed by atoms with Gasteiger partial charge in [-0.2, -0.15) is 0 Å². The van der Waals surface area contributed by atoms with Crippen LogP contribution in [-0.4, -0.2) is 47.0 Å². The third-order valence-corrected chi connectivity index (χ3v) is 6.37. The third kappa shape index (κ3) is 4.41. The summed E-state index contributed by atoms with van der Waals surface area (Å²) in [5.74, 6) is 0.0718. The Labute approximate surface area is 211 Å². The first-order valence-corrected chi connectivity index (χ1v) is 12.0. The van der Waals surface area contributed by atoms with Gasteiger partial charge in [-0.05, 0) is 37.3 Å². The second-order valence-corrected chi connectivity index (χ2v) is 8.78. The molecule has 1 fully saturated rings. The van der Waals surface area contributed by atoms with Crippen LogP contribution in [-0.2, 0) is 4.74 Å². The van der Waals surface area contributed by atoms with Gasteiger partial charge in [0, 0.05) is 53.6 Å². The minimum Gasteiger partial charge on any atom is -0.422 e. The molecule has 1 aliphatic rings. The molecule has 6 rings (SSSR count). The van der Waals surface area contributed by atoms with Gasteiger partial charge in [0.25, 0.3) is 0 Å². The summed E-state index contributed by atoms with van der Waals surface area (Å²) in [5, 5.41) is 4.95. The van der Waals surface area contributed by atoms with Crippen LogP contribution in [0.4, 0.5) is 17.3 Å². The number of nitrogens with one attached hydrogen (secondary N) is 1. The number of hydrogen-bond acceptors (Lipinski definition) is 9. The topological polar surface area (TPSA) is 110 Å². The summed E-state index contributed by atoms with van der Waals surface area (Å²) in [6.45, 7) is 3.61. The van der Waals surface area contributed by atoms with Crippen molar-refractivity contribution in [3.63, 3.8) is 0 Å². The third-order valence-electron chi connectivity index (χ3n) is 6.37. The number of rotatable bonds is 5. The summed E-state index contributed by atoms with van der Waals surface area (Å²) in [5.41, 5.74) is 3.59. The Bertz CT molecular complexity index is 1710. The summed E-state index contributed by atoms with van der Waals surface area (Å²) in [6, 6.07) is 17.2. The van der Waals surface area contributed by atoms with E-state index in [2.05, 4.69) is 20.3 Å². The van der Waals surface area contributed by atoms with E-state index < -0.39 is 5.63 Å². The van der Waals surface area contributed by atoms with Gasteiger partial charge in [0.05, 0.1) is 30.1 Å². The minimum absolute atomic E-state index is 0.0658. The SMILES string of the molecule is CC(=O)c1c(N2CCOCC2)c2ccc(Nc3nccc(-c4ccc5cccnc5c4)n3)cc2oc1=O. The fourth-order valence-corrected chi connectivity index (χ4v) is 4.62. The lowest BCUT2D eigenvalue weighted by Gasteiger charge is -2.30. The standard InChI is InChI=1S/C28H23N5O4/c1-17(34)25-26(33-11-13-36-14-12-33)21-7-6-20(16-24(21)37-27(25)35)31-28-30-10-8-22(32-28)19-5-4-18-3-2-9-29-23(18)15-19/h2-10,15-16H,11-14H2,1H3,(H,30,31,32). The zero-order chi connectivity index (χ0) is 25.4. The van der Waals surface area contributed by atoms with E-state index in [1.54, 1.807) is 18.5 Å². The molecule has 1 aliphatic heterocycles. The lowest BCUT2D eigenvalue weighted by molar-refractivity contribution is 0.101. The van der Waals surface area contributed by atoms with Crippen molar-refractivity contribution < 1.29 is 13.9 Å². The first-order valence-electron chi connectivity index (χ1n) is 12.0. The second-order valence-electron chi connectivity index (χ2n) is 8.78. The summed E-state index contributed by atoms with van der Waals surface area (Å²) in [6.07, 6.45) is 3.45. The number of anilines is 3. The van der Waals surface area contributed by atoms with Gasteiger partial charge >= 0.3 is 5.63 Å².